The summed E-state index contributed by atoms with van der Waals surface area (Å²) >= 11 is 0. The topological polar surface area (TPSA) is 88.3 Å². The van der Waals surface area contributed by atoms with Crippen LogP contribution in [-0.4, -0.2) is 32.0 Å². The Labute approximate surface area is 111 Å². The van der Waals surface area contributed by atoms with Crippen LogP contribution in [0.5, 0.6) is 0 Å². The smallest absolute Gasteiger partial charge is 0.357 e. The summed E-state index contributed by atoms with van der Waals surface area (Å²) in [4.78, 5) is 13.8. The molecule has 0 aliphatic rings. The summed E-state index contributed by atoms with van der Waals surface area (Å²) in [6.07, 6.45) is 1.15. The number of ether oxygens (including phenoxy) is 1. The lowest BCUT2D eigenvalue weighted by atomic mass is 10.3. The molecule has 0 spiro atoms. The Bertz CT molecular complexity index is 551. The first kappa shape index (κ1) is 15.6. The van der Waals surface area contributed by atoms with Gasteiger partial charge in [-0.2, -0.15) is 0 Å². The van der Waals surface area contributed by atoms with E-state index >= 15 is 0 Å². The number of aromatic amines is 1. The molecule has 6 nitrogen and oxygen atoms in total. The van der Waals surface area contributed by atoms with E-state index in [1.807, 2.05) is 0 Å². The van der Waals surface area contributed by atoms with E-state index in [0.717, 1.165) is 6.20 Å². The number of esters is 1. The van der Waals surface area contributed by atoms with Crippen molar-refractivity contribution in [1.82, 2.24) is 9.71 Å². The highest BCUT2D eigenvalue weighted by atomic mass is 32.2. The van der Waals surface area contributed by atoms with Gasteiger partial charge in [-0.15, -0.1) is 0 Å². The molecule has 0 saturated heterocycles. The van der Waals surface area contributed by atoms with Crippen LogP contribution in [0.1, 0.15) is 36.8 Å². The van der Waals surface area contributed by atoms with E-state index < -0.39 is 27.6 Å². The van der Waals surface area contributed by atoms with Crippen molar-refractivity contribution in [2.75, 3.05) is 6.61 Å². The van der Waals surface area contributed by atoms with Crippen LogP contribution in [0.4, 0.5) is 4.39 Å². The predicted molar refractivity (Wildman–Crippen MR) is 67.6 cm³/mol. The van der Waals surface area contributed by atoms with Crippen LogP contribution in [0, 0.1) is 5.82 Å². The van der Waals surface area contributed by atoms with Gasteiger partial charge in [0.2, 0.25) is 10.0 Å². The number of aromatic nitrogens is 1. The van der Waals surface area contributed by atoms with E-state index in [9.17, 15) is 17.6 Å². The van der Waals surface area contributed by atoms with Crippen molar-refractivity contribution < 1.29 is 22.3 Å². The van der Waals surface area contributed by atoms with Crippen LogP contribution in [0.15, 0.2) is 6.20 Å². The fourth-order valence-electron chi connectivity index (χ4n) is 1.51. The van der Waals surface area contributed by atoms with Gasteiger partial charge in [0.15, 0.2) is 11.5 Å². The fourth-order valence-corrected chi connectivity index (χ4v) is 2.93. The van der Waals surface area contributed by atoms with Crippen LogP contribution < -0.4 is 4.72 Å². The third kappa shape index (κ3) is 4.32. The molecule has 0 aliphatic heterocycles. The molecule has 0 saturated carbocycles. The molecule has 108 valence electrons. The second kappa shape index (κ2) is 6.16. The van der Waals surface area contributed by atoms with E-state index in [4.69, 9.17) is 0 Å². The second-order valence-electron chi connectivity index (χ2n) is 4.26. The van der Waals surface area contributed by atoms with Gasteiger partial charge in [-0.3, -0.25) is 0 Å². The van der Waals surface area contributed by atoms with Crippen LogP contribution in [0.25, 0.3) is 0 Å². The number of hydrogen-bond acceptors (Lipinski definition) is 4. The van der Waals surface area contributed by atoms with Crippen LogP contribution in [0.2, 0.25) is 0 Å². The quantitative estimate of drug-likeness (QED) is 0.770. The molecule has 0 aromatic carbocycles. The van der Waals surface area contributed by atoms with Gasteiger partial charge in [-0.05, 0) is 20.8 Å². The van der Waals surface area contributed by atoms with E-state index in [0.29, 0.717) is 0 Å². The number of H-pyrrole nitrogens is 1. The largest absolute Gasteiger partial charge is 0.461 e. The van der Waals surface area contributed by atoms with Crippen molar-refractivity contribution in [3.63, 3.8) is 0 Å². The standard InChI is InChI=1S/C11H17FN2O4S/c1-4-18-11(15)10-9(12)8(5-13-10)6-19(16,17)14-7(2)3/h5,7,13-14H,4,6H2,1-3H3. The fraction of sp³-hybridized carbons (Fsp3) is 0.545. The summed E-state index contributed by atoms with van der Waals surface area (Å²) in [5.74, 6) is -2.28. The SMILES string of the molecule is CCOC(=O)c1[nH]cc(CS(=O)(=O)NC(C)C)c1F. The zero-order chi connectivity index (χ0) is 14.6. The highest BCUT2D eigenvalue weighted by molar-refractivity contribution is 7.88. The van der Waals surface area contributed by atoms with Crippen molar-refractivity contribution in [1.29, 1.82) is 0 Å². The zero-order valence-electron chi connectivity index (χ0n) is 11.0. The molecule has 1 heterocycles. The Hall–Kier alpha value is -1.41. The van der Waals surface area contributed by atoms with Gasteiger partial charge in [-0.1, -0.05) is 0 Å². The molecule has 1 aromatic heterocycles. The Morgan fingerprint density at radius 3 is 2.68 bits per heavy atom. The summed E-state index contributed by atoms with van der Waals surface area (Å²) in [5.41, 5.74) is -0.465. The first-order valence-corrected chi connectivity index (χ1v) is 7.45. The number of carbonyl (C=O) groups excluding carboxylic acids is 1. The lowest BCUT2D eigenvalue weighted by Gasteiger charge is -2.08. The summed E-state index contributed by atoms with van der Waals surface area (Å²) in [6.45, 7) is 5.03. The van der Waals surface area contributed by atoms with Gasteiger partial charge < -0.3 is 9.72 Å². The molecule has 0 bridgehead atoms. The van der Waals surface area contributed by atoms with E-state index in [1.54, 1.807) is 20.8 Å². The van der Waals surface area contributed by atoms with Crippen LogP contribution in [0.3, 0.4) is 0 Å². The van der Waals surface area contributed by atoms with Crippen LogP contribution >= 0.6 is 0 Å². The van der Waals surface area contributed by atoms with Gasteiger partial charge in [0.25, 0.3) is 0 Å². The van der Waals surface area contributed by atoms with Gasteiger partial charge in [0.05, 0.1) is 12.4 Å². The van der Waals surface area contributed by atoms with Gasteiger partial charge in [0, 0.05) is 17.8 Å². The van der Waals surface area contributed by atoms with Crippen molar-refractivity contribution in [3.8, 4) is 0 Å². The highest BCUT2D eigenvalue weighted by Gasteiger charge is 2.22. The molecule has 0 radical (unpaired) electrons. The maximum Gasteiger partial charge on any atom is 0.357 e. The average molecular weight is 292 g/mol. The number of sulfonamides is 1. The maximum absolute atomic E-state index is 13.8. The summed E-state index contributed by atoms with van der Waals surface area (Å²) < 4.78 is 44.1. The van der Waals surface area contributed by atoms with E-state index in [1.165, 1.54) is 0 Å². The molecular formula is C11H17FN2O4S. The Morgan fingerprint density at radius 1 is 1.53 bits per heavy atom. The normalized spacial score (nSPS) is 11.8. The molecule has 19 heavy (non-hydrogen) atoms. The molecule has 0 fully saturated rings. The first-order chi connectivity index (χ1) is 8.76. The Morgan fingerprint density at radius 2 is 2.16 bits per heavy atom. The average Bonchev–Trinajstić information content (AvgIpc) is 2.58. The molecule has 8 heteroatoms. The minimum Gasteiger partial charge on any atom is -0.461 e. The lowest BCUT2D eigenvalue weighted by Crippen LogP contribution is -2.31. The molecule has 0 aliphatic carbocycles. The van der Waals surface area contributed by atoms with Crippen molar-refractivity contribution >= 4 is 16.0 Å². The molecule has 1 rings (SSSR count). The van der Waals surface area contributed by atoms with Gasteiger partial charge in [0.1, 0.15) is 0 Å². The Kier molecular flexibility index (Phi) is 5.07. The molecule has 2 N–H and O–H groups in total. The van der Waals surface area contributed by atoms with E-state index in [-0.39, 0.29) is 23.9 Å². The van der Waals surface area contributed by atoms with Crippen molar-refractivity contribution in [2.45, 2.75) is 32.6 Å². The minimum atomic E-state index is -3.64. The summed E-state index contributed by atoms with van der Waals surface area (Å²) in [7, 11) is -3.64. The third-order valence-electron chi connectivity index (χ3n) is 2.13. The highest BCUT2D eigenvalue weighted by Crippen LogP contribution is 2.15. The second-order valence-corrected chi connectivity index (χ2v) is 6.01. The predicted octanol–water partition coefficient (Wildman–Crippen LogP) is 1.16. The molecule has 1 aromatic rings. The third-order valence-corrected chi connectivity index (χ3v) is 3.65. The number of halogens is 1. The Balaban J connectivity index is 2.90. The van der Waals surface area contributed by atoms with Crippen LogP contribution in [-0.2, 0) is 20.5 Å². The molecule has 0 unspecified atom stereocenters. The lowest BCUT2D eigenvalue weighted by molar-refractivity contribution is 0.0514. The monoisotopic (exact) mass is 292 g/mol. The summed E-state index contributed by atoms with van der Waals surface area (Å²) in [6, 6.07) is -0.281. The number of hydrogen-bond donors (Lipinski definition) is 2. The molecule has 0 atom stereocenters. The number of nitrogens with one attached hydrogen (secondary N) is 2. The number of rotatable bonds is 6. The zero-order valence-corrected chi connectivity index (χ0v) is 11.8. The molecule has 0 amide bonds. The van der Waals surface area contributed by atoms with E-state index in [2.05, 4.69) is 14.4 Å². The summed E-state index contributed by atoms with van der Waals surface area (Å²) in [5, 5.41) is 0. The minimum absolute atomic E-state index is 0.101. The van der Waals surface area contributed by atoms with Gasteiger partial charge in [-0.25, -0.2) is 22.3 Å². The van der Waals surface area contributed by atoms with Gasteiger partial charge >= 0.3 is 5.97 Å². The maximum atomic E-state index is 13.8. The van der Waals surface area contributed by atoms with Crippen molar-refractivity contribution in [2.24, 2.45) is 0 Å². The van der Waals surface area contributed by atoms with Crippen molar-refractivity contribution in [3.05, 3.63) is 23.3 Å². The molecular weight excluding hydrogens is 275 g/mol. The first-order valence-electron chi connectivity index (χ1n) is 5.79. The number of carbonyl (C=O) groups is 1.